The fraction of sp³-hybridized carbons (Fsp3) is 0.500. The zero-order valence-electron chi connectivity index (χ0n) is 11.0. The molecule has 2 atom stereocenters. The van der Waals surface area contributed by atoms with Crippen molar-refractivity contribution < 1.29 is 9.84 Å². The summed E-state index contributed by atoms with van der Waals surface area (Å²) in [5, 5.41) is 10.5. The summed E-state index contributed by atoms with van der Waals surface area (Å²) in [6.45, 7) is 0. The maximum atomic E-state index is 10.5. The summed E-state index contributed by atoms with van der Waals surface area (Å²) in [6, 6.07) is 9.96. The Hall–Kier alpha value is -1.12. The molecule has 18 heavy (non-hydrogen) atoms. The second-order valence-electron chi connectivity index (χ2n) is 4.89. The third kappa shape index (κ3) is 3.21. The molecule has 2 unspecified atom stereocenters. The number of rotatable bonds is 4. The van der Waals surface area contributed by atoms with E-state index in [1.54, 1.807) is 7.11 Å². The topological polar surface area (TPSA) is 29.5 Å². The van der Waals surface area contributed by atoms with Crippen LogP contribution in [0.1, 0.15) is 43.8 Å². The van der Waals surface area contributed by atoms with E-state index in [9.17, 15) is 5.11 Å². The van der Waals surface area contributed by atoms with Gasteiger partial charge in [-0.15, -0.1) is 0 Å². The molecule has 0 saturated heterocycles. The van der Waals surface area contributed by atoms with Crippen LogP contribution in [0.4, 0.5) is 0 Å². The summed E-state index contributed by atoms with van der Waals surface area (Å²) in [4.78, 5) is 0. The molecule has 0 aliphatic heterocycles. The van der Waals surface area contributed by atoms with E-state index in [0.29, 0.717) is 0 Å². The Labute approximate surface area is 109 Å². The van der Waals surface area contributed by atoms with Crippen LogP contribution in [0.3, 0.4) is 0 Å². The molecule has 0 heterocycles. The molecule has 2 heteroatoms. The Morgan fingerprint density at radius 3 is 2.61 bits per heavy atom. The average Bonchev–Trinajstić information content (AvgIpc) is 2.69. The van der Waals surface area contributed by atoms with Crippen molar-refractivity contribution in [3.05, 3.63) is 47.5 Å². The van der Waals surface area contributed by atoms with Crippen molar-refractivity contribution in [1.82, 2.24) is 0 Å². The molecule has 0 amide bonds. The van der Waals surface area contributed by atoms with Crippen molar-refractivity contribution in [2.75, 3.05) is 7.11 Å². The minimum atomic E-state index is -0.518. The van der Waals surface area contributed by atoms with E-state index in [2.05, 4.69) is 6.08 Å². The summed E-state index contributed by atoms with van der Waals surface area (Å²) in [7, 11) is 1.66. The number of hydrogen-bond donors (Lipinski definition) is 1. The van der Waals surface area contributed by atoms with Crippen LogP contribution in [0.15, 0.2) is 42.0 Å². The highest BCUT2D eigenvalue weighted by Gasteiger charge is 2.24. The normalized spacial score (nSPS) is 19.8. The zero-order chi connectivity index (χ0) is 12.8. The van der Waals surface area contributed by atoms with Gasteiger partial charge in [0.1, 0.15) is 12.2 Å². The molecule has 0 spiro atoms. The summed E-state index contributed by atoms with van der Waals surface area (Å²) in [5.74, 6) is 0. The van der Waals surface area contributed by atoms with Crippen LogP contribution < -0.4 is 0 Å². The van der Waals surface area contributed by atoms with E-state index < -0.39 is 6.10 Å². The Bertz CT molecular complexity index is 383. The quantitative estimate of drug-likeness (QED) is 0.822. The lowest BCUT2D eigenvalue weighted by Gasteiger charge is -2.24. The molecule has 0 aromatic heterocycles. The van der Waals surface area contributed by atoms with Gasteiger partial charge in [-0.05, 0) is 36.8 Å². The van der Waals surface area contributed by atoms with Gasteiger partial charge in [-0.1, -0.05) is 42.8 Å². The van der Waals surface area contributed by atoms with E-state index >= 15 is 0 Å². The Morgan fingerprint density at radius 2 is 1.89 bits per heavy atom. The summed E-state index contributed by atoms with van der Waals surface area (Å²) in [6.07, 6.45) is 7.17. The van der Waals surface area contributed by atoms with E-state index in [4.69, 9.17) is 4.74 Å². The lowest BCUT2D eigenvalue weighted by molar-refractivity contribution is 0.00368. The highest BCUT2D eigenvalue weighted by molar-refractivity contribution is 5.23. The van der Waals surface area contributed by atoms with E-state index in [1.807, 2.05) is 30.3 Å². The van der Waals surface area contributed by atoms with Crippen molar-refractivity contribution in [2.24, 2.45) is 0 Å². The average molecular weight is 246 g/mol. The van der Waals surface area contributed by atoms with Crippen LogP contribution in [0.2, 0.25) is 0 Å². The molecule has 0 bridgehead atoms. The number of methoxy groups -OCH3 is 1. The number of aliphatic hydroxyl groups is 1. The molecule has 2 rings (SSSR count). The number of aliphatic hydroxyl groups excluding tert-OH is 1. The highest BCUT2D eigenvalue weighted by Crippen LogP contribution is 2.29. The van der Waals surface area contributed by atoms with Crippen LogP contribution >= 0.6 is 0 Å². The fourth-order valence-corrected chi connectivity index (χ4v) is 2.59. The van der Waals surface area contributed by atoms with Crippen molar-refractivity contribution in [3.63, 3.8) is 0 Å². The summed E-state index contributed by atoms with van der Waals surface area (Å²) >= 11 is 0. The Kier molecular flexibility index (Phi) is 4.97. The first-order valence-corrected chi connectivity index (χ1v) is 6.77. The number of allylic oxidation sites excluding steroid dienone is 1. The van der Waals surface area contributed by atoms with Crippen LogP contribution in [0, 0.1) is 0 Å². The SMILES string of the molecule is COC(c1ccccc1)C(O)C1=CCCCCC1. The van der Waals surface area contributed by atoms with Gasteiger partial charge >= 0.3 is 0 Å². The van der Waals surface area contributed by atoms with E-state index in [1.165, 1.54) is 19.3 Å². The smallest absolute Gasteiger partial charge is 0.112 e. The third-order valence-electron chi connectivity index (χ3n) is 3.62. The van der Waals surface area contributed by atoms with Gasteiger partial charge < -0.3 is 9.84 Å². The fourth-order valence-electron chi connectivity index (χ4n) is 2.59. The van der Waals surface area contributed by atoms with E-state index in [-0.39, 0.29) is 6.10 Å². The molecule has 0 radical (unpaired) electrons. The van der Waals surface area contributed by atoms with E-state index in [0.717, 1.165) is 24.0 Å². The molecular formula is C16H22O2. The monoisotopic (exact) mass is 246 g/mol. The molecule has 1 aromatic rings. The van der Waals surface area contributed by atoms with Gasteiger partial charge in [-0.2, -0.15) is 0 Å². The first kappa shape index (κ1) is 13.3. The van der Waals surface area contributed by atoms with Gasteiger partial charge in [-0.3, -0.25) is 0 Å². The molecular weight excluding hydrogens is 224 g/mol. The van der Waals surface area contributed by atoms with Crippen LogP contribution in [-0.4, -0.2) is 18.3 Å². The molecule has 1 aliphatic rings. The van der Waals surface area contributed by atoms with Crippen molar-refractivity contribution in [1.29, 1.82) is 0 Å². The molecule has 1 aliphatic carbocycles. The Balaban J connectivity index is 2.14. The second kappa shape index (κ2) is 6.72. The number of benzene rings is 1. The zero-order valence-corrected chi connectivity index (χ0v) is 11.0. The van der Waals surface area contributed by atoms with Gasteiger partial charge in [-0.25, -0.2) is 0 Å². The van der Waals surface area contributed by atoms with Gasteiger partial charge in [0.05, 0.1) is 0 Å². The second-order valence-corrected chi connectivity index (χ2v) is 4.89. The summed E-state index contributed by atoms with van der Waals surface area (Å²) < 4.78 is 5.50. The molecule has 2 nitrogen and oxygen atoms in total. The van der Waals surface area contributed by atoms with Crippen molar-refractivity contribution >= 4 is 0 Å². The predicted molar refractivity (Wildman–Crippen MR) is 73.4 cm³/mol. The minimum absolute atomic E-state index is 0.254. The van der Waals surface area contributed by atoms with Crippen molar-refractivity contribution in [3.8, 4) is 0 Å². The third-order valence-corrected chi connectivity index (χ3v) is 3.62. The lowest BCUT2D eigenvalue weighted by Crippen LogP contribution is -2.22. The van der Waals surface area contributed by atoms with Gasteiger partial charge in [0, 0.05) is 7.11 Å². The largest absolute Gasteiger partial charge is 0.386 e. The number of ether oxygens (including phenoxy) is 1. The molecule has 1 N–H and O–H groups in total. The molecule has 0 fully saturated rings. The van der Waals surface area contributed by atoms with Gasteiger partial charge in [0.25, 0.3) is 0 Å². The van der Waals surface area contributed by atoms with Crippen molar-refractivity contribution in [2.45, 2.75) is 44.3 Å². The molecule has 1 aromatic carbocycles. The standard InChI is InChI=1S/C16H22O2/c1-18-16(14-11-7-4-8-12-14)15(17)13-9-5-2-3-6-10-13/h4,7-9,11-12,15-17H,2-3,5-6,10H2,1H3. The van der Waals surface area contributed by atoms with Gasteiger partial charge in [0.2, 0.25) is 0 Å². The lowest BCUT2D eigenvalue weighted by atomic mass is 9.95. The molecule has 98 valence electrons. The first-order chi connectivity index (χ1) is 8.83. The van der Waals surface area contributed by atoms with Crippen LogP contribution in [-0.2, 0) is 4.74 Å². The summed E-state index contributed by atoms with van der Waals surface area (Å²) in [5.41, 5.74) is 2.18. The molecule has 0 saturated carbocycles. The van der Waals surface area contributed by atoms with Crippen LogP contribution in [0.5, 0.6) is 0 Å². The minimum Gasteiger partial charge on any atom is -0.386 e. The number of hydrogen-bond acceptors (Lipinski definition) is 2. The maximum absolute atomic E-state index is 10.5. The van der Waals surface area contributed by atoms with Crippen LogP contribution in [0.25, 0.3) is 0 Å². The highest BCUT2D eigenvalue weighted by atomic mass is 16.5. The Morgan fingerprint density at radius 1 is 1.11 bits per heavy atom. The van der Waals surface area contributed by atoms with Gasteiger partial charge in [0.15, 0.2) is 0 Å². The predicted octanol–water partition coefficient (Wildman–Crippen LogP) is 3.63. The first-order valence-electron chi connectivity index (χ1n) is 6.77. The maximum Gasteiger partial charge on any atom is 0.112 e.